The summed E-state index contributed by atoms with van der Waals surface area (Å²) in [6.45, 7) is 6.50. The van der Waals surface area contributed by atoms with Crippen molar-refractivity contribution in [1.29, 1.82) is 0 Å². The highest BCUT2D eigenvalue weighted by molar-refractivity contribution is 7.17. The molecule has 3 heterocycles. The lowest BCUT2D eigenvalue weighted by Crippen LogP contribution is -2.65. The fraction of sp³-hybridized carbons (Fsp3) is 0.372. The molecular formula is C43H52N8O5S. The third-order valence-corrected chi connectivity index (χ3v) is 11.8. The zero-order valence-corrected chi connectivity index (χ0v) is 33.3. The number of nitrogens with two attached hydrogens (primary N) is 2. The molecule has 1 aliphatic rings. The molecule has 4 atom stereocenters. The number of amides is 5. The standard InChI is InChI=1S/C43H52N8O5S/c1-42(2,3)36(44)40(55)50-34(23-28-25-57-35-16-10-8-14-30(28)35)38(53)49-33(22-27-24-47-31-15-9-7-13-29(27)31)37(52)48-32(21-26-11-5-4-6-12-26)39(54)51-43(41(45)56)17-19-46-20-18-43/h4-16,24-25,32-34,36,46-47H,17-23,44H2,1-3H3,(H2,45,56)(H,48,52)(H,49,53)(H,50,55)(H,51,54)/t32-,33+,34+,36-/m0/s1. The van der Waals surface area contributed by atoms with Crippen molar-refractivity contribution in [1.82, 2.24) is 31.6 Å². The second kappa shape index (κ2) is 17.7. The molecule has 0 spiro atoms. The molecule has 3 aromatic carbocycles. The van der Waals surface area contributed by atoms with Crippen molar-refractivity contribution >= 4 is 61.9 Å². The molecule has 5 amide bonds. The number of carbonyl (C=O) groups excluding carboxylic acids is 5. The van der Waals surface area contributed by atoms with Crippen molar-refractivity contribution < 1.29 is 24.0 Å². The zero-order valence-electron chi connectivity index (χ0n) is 32.5. The highest BCUT2D eigenvalue weighted by Crippen LogP contribution is 2.27. The van der Waals surface area contributed by atoms with Gasteiger partial charge in [0.05, 0.1) is 6.04 Å². The molecule has 0 bridgehead atoms. The molecule has 2 aromatic heterocycles. The Balaban J connectivity index is 1.32. The van der Waals surface area contributed by atoms with Crippen LogP contribution in [0.3, 0.4) is 0 Å². The maximum Gasteiger partial charge on any atom is 0.243 e. The Kier molecular flexibility index (Phi) is 12.8. The minimum absolute atomic E-state index is 0.0573. The van der Waals surface area contributed by atoms with Crippen LogP contribution in [0.25, 0.3) is 21.0 Å². The predicted octanol–water partition coefficient (Wildman–Crippen LogP) is 2.96. The average molecular weight is 793 g/mol. The molecule has 0 saturated carbocycles. The molecule has 0 radical (unpaired) electrons. The van der Waals surface area contributed by atoms with Crippen LogP contribution < -0.4 is 38.1 Å². The van der Waals surface area contributed by atoms with Gasteiger partial charge in [0.2, 0.25) is 29.5 Å². The van der Waals surface area contributed by atoms with Crippen LogP contribution >= 0.6 is 11.3 Å². The SMILES string of the molecule is CC(C)(C)[C@@H](N)C(=O)N[C@H](Cc1csc2ccccc12)C(=O)N[C@H](Cc1c[nH]c2ccccc12)C(=O)N[C@@H](Cc1ccccc1)C(=O)NC1(C(N)=O)CCNCC1. The Hall–Kier alpha value is -5.57. The van der Waals surface area contributed by atoms with E-state index in [-0.39, 0.29) is 19.3 Å². The second-order valence-electron chi connectivity index (χ2n) is 15.9. The number of thiophene rings is 1. The van der Waals surface area contributed by atoms with Gasteiger partial charge in [-0.25, -0.2) is 0 Å². The molecule has 0 unspecified atom stereocenters. The van der Waals surface area contributed by atoms with E-state index in [1.165, 1.54) is 11.3 Å². The molecule has 1 aliphatic heterocycles. The van der Waals surface area contributed by atoms with E-state index in [2.05, 4.69) is 31.6 Å². The number of hydrogen-bond donors (Lipinski definition) is 8. The Morgan fingerprint density at radius 1 is 0.719 bits per heavy atom. The smallest absolute Gasteiger partial charge is 0.243 e. The van der Waals surface area contributed by atoms with Gasteiger partial charge in [-0.3, -0.25) is 24.0 Å². The number of primary amides is 1. The topological polar surface area (TPSA) is 213 Å². The van der Waals surface area contributed by atoms with Gasteiger partial charge in [0.25, 0.3) is 0 Å². The van der Waals surface area contributed by atoms with Gasteiger partial charge in [-0.1, -0.05) is 87.5 Å². The Labute approximate surface area is 336 Å². The third-order valence-electron chi connectivity index (χ3n) is 10.8. The number of fused-ring (bicyclic) bond motifs is 2. The van der Waals surface area contributed by atoms with Crippen LogP contribution in [0, 0.1) is 5.41 Å². The molecule has 13 nitrogen and oxygen atoms in total. The average Bonchev–Trinajstić information content (AvgIpc) is 3.80. The predicted molar refractivity (Wildman–Crippen MR) is 223 cm³/mol. The largest absolute Gasteiger partial charge is 0.368 e. The van der Waals surface area contributed by atoms with Crippen LogP contribution in [0.15, 0.2) is 90.4 Å². The Morgan fingerprint density at radius 2 is 1.28 bits per heavy atom. The van der Waals surface area contributed by atoms with E-state index < -0.39 is 64.7 Å². The van der Waals surface area contributed by atoms with Crippen LogP contribution in [0.4, 0.5) is 0 Å². The molecule has 1 fully saturated rings. The summed E-state index contributed by atoms with van der Waals surface area (Å²) in [4.78, 5) is 72.8. The van der Waals surface area contributed by atoms with Gasteiger partial charge in [0.15, 0.2) is 0 Å². The van der Waals surface area contributed by atoms with E-state index in [4.69, 9.17) is 11.5 Å². The van der Waals surface area contributed by atoms with Crippen molar-refractivity contribution in [3.8, 4) is 0 Å². The quantitative estimate of drug-likeness (QED) is 0.0793. The van der Waals surface area contributed by atoms with Gasteiger partial charge in [-0.2, -0.15) is 0 Å². The Morgan fingerprint density at radius 3 is 1.93 bits per heavy atom. The first-order chi connectivity index (χ1) is 27.2. The van der Waals surface area contributed by atoms with E-state index in [1.807, 2.05) is 105 Å². The van der Waals surface area contributed by atoms with Crippen LogP contribution in [-0.4, -0.2) is 77.3 Å². The van der Waals surface area contributed by atoms with E-state index in [1.54, 1.807) is 6.20 Å². The van der Waals surface area contributed by atoms with Crippen LogP contribution in [0.1, 0.15) is 50.3 Å². The van der Waals surface area contributed by atoms with Crippen molar-refractivity contribution in [2.75, 3.05) is 13.1 Å². The van der Waals surface area contributed by atoms with E-state index >= 15 is 0 Å². The molecule has 6 rings (SSSR count). The first kappa shape index (κ1) is 41.1. The van der Waals surface area contributed by atoms with Crippen LogP contribution in [0.2, 0.25) is 0 Å². The fourth-order valence-corrected chi connectivity index (χ4v) is 8.19. The lowest BCUT2D eigenvalue weighted by molar-refractivity contribution is -0.136. The molecular weight excluding hydrogens is 741 g/mol. The van der Waals surface area contributed by atoms with Crippen molar-refractivity contribution in [2.24, 2.45) is 16.9 Å². The summed E-state index contributed by atoms with van der Waals surface area (Å²) in [5, 5.41) is 18.6. The Bertz CT molecular complexity index is 2220. The van der Waals surface area contributed by atoms with E-state index in [0.29, 0.717) is 25.9 Å². The summed E-state index contributed by atoms with van der Waals surface area (Å²) in [5.41, 5.74) is 13.6. The second-order valence-corrected chi connectivity index (χ2v) is 16.8. The number of benzene rings is 3. The van der Waals surface area contributed by atoms with Crippen LogP contribution in [0.5, 0.6) is 0 Å². The summed E-state index contributed by atoms with van der Waals surface area (Å²) in [7, 11) is 0. The van der Waals surface area contributed by atoms with Gasteiger partial charge in [0, 0.05) is 41.1 Å². The fourth-order valence-electron chi connectivity index (χ4n) is 7.22. The monoisotopic (exact) mass is 792 g/mol. The van der Waals surface area contributed by atoms with Gasteiger partial charge >= 0.3 is 0 Å². The number of carbonyl (C=O) groups is 5. The zero-order chi connectivity index (χ0) is 40.7. The van der Waals surface area contributed by atoms with Crippen LogP contribution in [-0.2, 0) is 43.2 Å². The van der Waals surface area contributed by atoms with Crippen molar-refractivity contribution in [3.63, 3.8) is 0 Å². The lowest BCUT2D eigenvalue weighted by Gasteiger charge is -2.36. The molecule has 10 N–H and O–H groups in total. The number of aromatic amines is 1. The summed E-state index contributed by atoms with van der Waals surface area (Å²) in [6.07, 6.45) is 2.69. The molecule has 1 saturated heterocycles. The van der Waals surface area contributed by atoms with E-state index in [9.17, 15) is 24.0 Å². The normalized spacial score (nSPS) is 16.2. The van der Waals surface area contributed by atoms with Gasteiger partial charge in [-0.15, -0.1) is 11.3 Å². The highest BCUT2D eigenvalue weighted by Gasteiger charge is 2.41. The minimum Gasteiger partial charge on any atom is -0.368 e. The summed E-state index contributed by atoms with van der Waals surface area (Å²) >= 11 is 1.54. The highest BCUT2D eigenvalue weighted by atomic mass is 32.1. The maximum atomic E-state index is 14.6. The summed E-state index contributed by atoms with van der Waals surface area (Å²) in [5.74, 6) is -2.94. The number of aromatic nitrogens is 1. The molecule has 0 aliphatic carbocycles. The summed E-state index contributed by atoms with van der Waals surface area (Å²) in [6, 6.07) is 20.3. The van der Waals surface area contributed by atoms with E-state index in [0.717, 1.165) is 37.7 Å². The number of para-hydroxylation sites is 1. The minimum atomic E-state index is -1.29. The first-order valence-electron chi connectivity index (χ1n) is 19.3. The lowest BCUT2D eigenvalue weighted by atomic mass is 9.86. The molecule has 300 valence electrons. The maximum absolute atomic E-state index is 14.6. The van der Waals surface area contributed by atoms with Crippen molar-refractivity contribution in [3.05, 3.63) is 107 Å². The number of piperidine rings is 1. The van der Waals surface area contributed by atoms with Crippen molar-refractivity contribution in [2.45, 2.75) is 82.6 Å². The molecule has 57 heavy (non-hydrogen) atoms. The molecule has 5 aromatic rings. The molecule has 14 heteroatoms. The number of H-pyrrole nitrogens is 1. The number of hydrogen-bond acceptors (Lipinski definition) is 8. The number of rotatable bonds is 15. The number of nitrogens with one attached hydrogen (secondary N) is 6. The van der Waals surface area contributed by atoms with Gasteiger partial charge in [-0.05, 0) is 70.9 Å². The van der Waals surface area contributed by atoms with Gasteiger partial charge in [0.1, 0.15) is 23.7 Å². The van der Waals surface area contributed by atoms with Gasteiger partial charge < -0.3 is 43.0 Å². The third kappa shape index (κ3) is 9.88. The summed E-state index contributed by atoms with van der Waals surface area (Å²) < 4.78 is 1.03. The first-order valence-corrected chi connectivity index (χ1v) is 20.2.